The van der Waals surface area contributed by atoms with Crippen LogP contribution in [0.2, 0.25) is 0 Å². The van der Waals surface area contributed by atoms with E-state index in [9.17, 15) is 4.39 Å². The van der Waals surface area contributed by atoms with E-state index >= 15 is 0 Å². The number of halogens is 3. The van der Waals surface area contributed by atoms with Gasteiger partial charge in [0.15, 0.2) is 5.76 Å². The lowest BCUT2D eigenvalue weighted by molar-refractivity contribution is 0.507. The van der Waals surface area contributed by atoms with Crippen molar-refractivity contribution in [2.24, 2.45) is 0 Å². The first-order valence-corrected chi connectivity index (χ1v) is 5.86. The number of benzene rings is 1. The van der Waals surface area contributed by atoms with Crippen molar-refractivity contribution in [2.75, 3.05) is 0 Å². The molecule has 16 heavy (non-hydrogen) atoms. The predicted octanol–water partition coefficient (Wildman–Crippen LogP) is 4.54. The van der Waals surface area contributed by atoms with Gasteiger partial charge in [-0.1, -0.05) is 0 Å². The predicted molar refractivity (Wildman–Crippen MR) is 63.9 cm³/mol. The van der Waals surface area contributed by atoms with Crippen LogP contribution in [-0.4, -0.2) is 4.98 Å². The van der Waals surface area contributed by atoms with E-state index in [0.717, 1.165) is 0 Å². The lowest BCUT2D eigenvalue weighted by Gasteiger charge is -1.99. The van der Waals surface area contributed by atoms with E-state index in [1.165, 1.54) is 12.3 Å². The highest BCUT2D eigenvalue weighted by Crippen LogP contribution is 2.27. The number of rotatable bonds is 2. The minimum atomic E-state index is -0.339. The Kier molecular flexibility index (Phi) is 3.30. The number of alkyl halides is 1. The molecule has 84 valence electrons. The largest absolute Gasteiger partial charge is 0.439 e. The average Bonchev–Trinajstić information content (AvgIpc) is 2.71. The first-order valence-electron chi connectivity index (χ1n) is 4.63. The minimum absolute atomic E-state index is 0.297. The molecule has 0 radical (unpaired) electrons. The third kappa shape index (κ3) is 2.28. The maximum Gasteiger partial charge on any atom is 0.212 e. The van der Waals surface area contributed by atoms with E-state index < -0.39 is 0 Å². The van der Waals surface area contributed by atoms with Gasteiger partial charge in [0.2, 0.25) is 5.89 Å². The SMILES string of the molecule is CC(Cl)c1ncc(-c2ccc(Br)c(F)c2)o1. The van der Waals surface area contributed by atoms with Crippen LogP contribution in [0.25, 0.3) is 11.3 Å². The Hall–Kier alpha value is -0.870. The second kappa shape index (κ2) is 4.55. The second-order valence-corrected chi connectivity index (χ2v) is 4.82. The van der Waals surface area contributed by atoms with E-state index in [-0.39, 0.29) is 11.2 Å². The van der Waals surface area contributed by atoms with E-state index in [2.05, 4.69) is 20.9 Å². The van der Waals surface area contributed by atoms with Crippen LogP contribution in [0.5, 0.6) is 0 Å². The molecule has 0 bridgehead atoms. The highest BCUT2D eigenvalue weighted by atomic mass is 79.9. The molecule has 0 aliphatic rings. The zero-order valence-corrected chi connectivity index (χ0v) is 10.7. The third-order valence-electron chi connectivity index (χ3n) is 2.07. The topological polar surface area (TPSA) is 26.0 Å². The van der Waals surface area contributed by atoms with Crippen LogP contribution < -0.4 is 0 Å². The monoisotopic (exact) mass is 303 g/mol. The molecule has 1 unspecified atom stereocenters. The summed E-state index contributed by atoms with van der Waals surface area (Å²) in [5, 5.41) is -0.297. The van der Waals surface area contributed by atoms with Crippen molar-refractivity contribution in [1.29, 1.82) is 0 Å². The van der Waals surface area contributed by atoms with Crippen LogP contribution in [-0.2, 0) is 0 Å². The van der Waals surface area contributed by atoms with Crippen molar-refractivity contribution in [3.05, 3.63) is 40.6 Å². The zero-order valence-electron chi connectivity index (χ0n) is 8.38. The van der Waals surface area contributed by atoms with Crippen molar-refractivity contribution >= 4 is 27.5 Å². The normalized spacial score (nSPS) is 12.8. The van der Waals surface area contributed by atoms with Gasteiger partial charge in [-0.15, -0.1) is 11.6 Å². The fourth-order valence-corrected chi connectivity index (χ4v) is 1.60. The molecular formula is C11H8BrClFNO. The van der Waals surface area contributed by atoms with Crippen molar-refractivity contribution in [3.8, 4) is 11.3 Å². The summed E-state index contributed by atoms with van der Waals surface area (Å²) in [5.41, 5.74) is 0.636. The molecule has 1 aromatic carbocycles. The van der Waals surface area contributed by atoms with Gasteiger partial charge < -0.3 is 4.42 Å². The Bertz CT molecular complexity index is 512. The van der Waals surface area contributed by atoms with Crippen LogP contribution in [0.3, 0.4) is 0 Å². The van der Waals surface area contributed by atoms with Crippen LogP contribution in [0, 0.1) is 5.82 Å². The average molecular weight is 305 g/mol. The number of aromatic nitrogens is 1. The van der Waals surface area contributed by atoms with E-state index in [1.807, 2.05) is 0 Å². The van der Waals surface area contributed by atoms with E-state index in [4.69, 9.17) is 16.0 Å². The molecule has 2 rings (SSSR count). The van der Waals surface area contributed by atoms with Crippen molar-refractivity contribution in [3.63, 3.8) is 0 Å². The summed E-state index contributed by atoms with van der Waals surface area (Å²) in [6.07, 6.45) is 1.54. The van der Waals surface area contributed by atoms with Crippen LogP contribution in [0.1, 0.15) is 18.2 Å². The molecule has 1 atom stereocenters. The summed E-state index contributed by atoms with van der Waals surface area (Å²) in [5.74, 6) is 0.600. The Morgan fingerprint density at radius 2 is 2.25 bits per heavy atom. The maximum absolute atomic E-state index is 13.3. The maximum atomic E-state index is 13.3. The van der Waals surface area contributed by atoms with Gasteiger partial charge in [0.25, 0.3) is 0 Å². The lowest BCUT2D eigenvalue weighted by Crippen LogP contribution is -1.81. The molecule has 1 heterocycles. The van der Waals surface area contributed by atoms with Gasteiger partial charge in [0.1, 0.15) is 11.2 Å². The van der Waals surface area contributed by atoms with Gasteiger partial charge in [0.05, 0.1) is 10.7 Å². The molecule has 0 spiro atoms. The second-order valence-electron chi connectivity index (χ2n) is 3.31. The van der Waals surface area contributed by atoms with Crippen molar-refractivity contribution in [1.82, 2.24) is 4.98 Å². The summed E-state index contributed by atoms with van der Waals surface area (Å²) >= 11 is 8.91. The molecule has 0 aliphatic carbocycles. The van der Waals surface area contributed by atoms with Crippen molar-refractivity contribution < 1.29 is 8.81 Å². The van der Waals surface area contributed by atoms with Gasteiger partial charge in [0, 0.05) is 5.56 Å². The number of oxazole rings is 1. The third-order valence-corrected chi connectivity index (χ3v) is 2.90. The summed E-state index contributed by atoms with van der Waals surface area (Å²) in [4.78, 5) is 4.01. The Morgan fingerprint density at radius 3 is 2.81 bits per heavy atom. The zero-order chi connectivity index (χ0) is 11.7. The molecule has 5 heteroatoms. The Labute approximate surface area is 106 Å². The fraction of sp³-hybridized carbons (Fsp3) is 0.182. The quantitative estimate of drug-likeness (QED) is 0.761. The molecule has 2 nitrogen and oxygen atoms in total. The fourth-order valence-electron chi connectivity index (χ4n) is 1.25. The molecular weight excluding hydrogens is 296 g/mol. The van der Waals surface area contributed by atoms with Crippen molar-refractivity contribution in [2.45, 2.75) is 12.3 Å². The molecule has 0 amide bonds. The molecule has 0 saturated heterocycles. The lowest BCUT2D eigenvalue weighted by atomic mass is 10.2. The number of nitrogens with zero attached hydrogens (tertiary/aromatic N) is 1. The van der Waals surface area contributed by atoms with Gasteiger partial charge in [-0.25, -0.2) is 9.37 Å². The van der Waals surface area contributed by atoms with Gasteiger partial charge in [-0.3, -0.25) is 0 Å². The first kappa shape index (κ1) is 11.6. The molecule has 2 aromatic rings. The van der Waals surface area contributed by atoms with E-state index in [0.29, 0.717) is 21.7 Å². The summed E-state index contributed by atoms with van der Waals surface area (Å²) in [7, 11) is 0. The summed E-state index contributed by atoms with van der Waals surface area (Å²) in [6, 6.07) is 4.75. The highest BCUT2D eigenvalue weighted by molar-refractivity contribution is 9.10. The first-order chi connectivity index (χ1) is 7.58. The van der Waals surface area contributed by atoms with Gasteiger partial charge >= 0.3 is 0 Å². The number of hydrogen-bond acceptors (Lipinski definition) is 2. The highest BCUT2D eigenvalue weighted by Gasteiger charge is 2.11. The van der Waals surface area contributed by atoms with E-state index in [1.54, 1.807) is 19.1 Å². The smallest absolute Gasteiger partial charge is 0.212 e. The standard InChI is InChI=1S/C11H8BrClFNO/c1-6(13)11-15-5-10(16-11)7-2-3-8(12)9(14)4-7/h2-6H,1H3. The molecule has 0 saturated carbocycles. The Morgan fingerprint density at radius 1 is 1.50 bits per heavy atom. The van der Waals surface area contributed by atoms with Gasteiger partial charge in [-0.05, 0) is 41.1 Å². The van der Waals surface area contributed by atoms with Crippen LogP contribution >= 0.6 is 27.5 Å². The minimum Gasteiger partial charge on any atom is -0.439 e. The summed E-state index contributed by atoms with van der Waals surface area (Å²) < 4.78 is 19.1. The molecule has 0 aliphatic heterocycles. The van der Waals surface area contributed by atoms with Crippen LogP contribution in [0.4, 0.5) is 4.39 Å². The molecule has 1 aromatic heterocycles. The molecule has 0 N–H and O–H groups in total. The summed E-state index contributed by atoms with van der Waals surface area (Å²) in [6.45, 7) is 1.76. The van der Waals surface area contributed by atoms with Crippen LogP contribution in [0.15, 0.2) is 33.3 Å². The Balaban J connectivity index is 2.39. The number of hydrogen-bond donors (Lipinski definition) is 0. The van der Waals surface area contributed by atoms with Gasteiger partial charge in [-0.2, -0.15) is 0 Å². The molecule has 0 fully saturated rings.